The molecule has 0 fully saturated rings. The maximum Gasteiger partial charge on any atom is 0.0574 e. The highest BCUT2D eigenvalue weighted by Crippen LogP contribution is 2.15. The van der Waals surface area contributed by atoms with Gasteiger partial charge in [-0.1, -0.05) is 32.3 Å². The molecule has 0 radical (unpaired) electrons. The number of hydrogen-bond acceptors (Lipinski definition) is 2. The molecule has 0 spiro atoms. The molecule has 2 N–H and O–H groups in total. The summed E-state index contributed by atoms with van der Waals surface area (Å²) in [5, 5.41) is 0. The number of unbranched alkanes of at least 4 members (excludes halogenated alkanes) is 2. The van der Waals surface area contributed by atoms with E-state index in [1.807, 2.05) is 25.1 Å². The highest BCUT2D eigenvalue weighted by Gasteiger charge is 2.06. The van der Waals surface area contributed by atoms with Crippen molar-refractivity contribution in [3.63, 3.8) is 0 Å². The predicted molar refractivity (Wildman–Crippen MR) is 60.0 cm³/mol. The van der Waals surface area contributed by atoms with E-state index >= 15 is 0 Å². The van der Waals surface area contributed by atoms with Crippen LogP contribution in [0.3, 0.4) is 0 Å². The van der Waals surface area contributed by atoms with E-state index in [0.717, 1.165) is 17.8 Å². The lowest BCUT2D eigenvalue weighted by atomic mass is 10.1. The van der Waals surface area contributed by atoms with Gasteiger partial charge in [-0.3, -0.25) is 4.98 Å². The summed E-state index contributed by atoms with van der Waals surface area (Å²) in [5.74, 6) is 0. The summed E-state index contributed by atoms with van der Waals surface area (Å²) in [7, 11) is 0. The molecule has 0 amide bonds. The first-order valence-corrected chi connectivity index (χ1v) is 5.43. The summed E-state index contributed by atoms with van der Waals surface area (Å²) in [6.45, 7) is 4.21. The molecule has 0 bridgehead atoms. The summed E-state index contributed by atoms with van der Waals surface area (Å²) in [6, 6.07) is 6.16. The van der Waals surface area contributed by atoms with Crippen LogP contribution in [0.25, 0.3) is 0 Å². The van der Waals surface area contributed by atoms with Crippen LogP contribution in [0.1, 0.15) is 50.0 Å². The van der Waals surface area contributed by atoms with Crippen LogP contribution in [0, 0.1) is 6.92 Å². The van der Waals surface area contributed by atoms with Gasteiger partial charge in [-0.05, 0) is 25.5 Å². The first-order valence-electron chi connectivity index (χ1n) is 5.43. The first-order chi connectivity index (χ1) is 6.74. The highest BCUT2D eigenvalue weighted by atomic mass is 14.8. The Hall–Kier alpha value is -0.890. The van der Waals surface area contributed by atoms with Crippen LogP contribution < -0.4 is 5.73 Å². The summed E-state index contributed by atoms with van der Waals surface area (Å²) in [5.41, 5.74) is 8.12. The lowest BCUT2D eigenvalue weighted by molar-refractivity contribution is 0.570. The molecular weight excluding hydrogens is 172 g/mol. The van der Waals surface area contributed by atoms with E-state index in [1.165, 1.54) is 19.3 Å². The molecule has 0 aliphatic carbocycles. The zero-order valence-electron chi connectivity index (χ0n) is 9.16. The second-order valence-electron chi connectivity index (χ2n) is 3.81. The molecule has 1 aromatic rings. The zero-order valence-corrected chi connectivity index (χ0v) is 9.16. The quantitative estimate of drug-likeness (QED) is 0.728. The molecule has 2 nitrogen and oxygen atoms in total. The lowest BCUT2D eigenvalue weighted by Gasteiger charge is -2.10. The van der Waals surface area contributed by atoms with Gasteiger partial charge in [-0.15, -0.1) is 0 Å². The number of pyridine rings is 1. The van der Waals surface area contributed by atoms with Crippen molar-refractivity contribution in [2.24, 2.45) is 5.73 Å². The van der Waals surface area contributed by atoms with Crippen LogP contribution in [0.4, 0.5) is 0 Å². The van der Waals surface area contributed by atoms with Crippen LogP contribution in [0.2, 0.25) is 0 Å². The van der Waals surface area contributed by atoms with Crippen molar-refractivity contribution in [3.8, 4) is 0 Å². The Bertz CT molecular complexity index is 271. The number of aromatic nitrogens is 1. The molecule has 0 saturated carbocycles. The van der Waals surface area contributed by atoms with E-state index in [9.17, 15) is 0 Å². The molecule has 1 atom stereocenters. The Labute approximate surface area is 86.5 Å². The summed E-state index contributed by atoms with van der Waals surface area (Å²) >= 11 is 0. The molecule has 1 heterocycles. The third-order valence-corrected chi connectivity index (χ3v) is 2.41. The Morgan fingerprint density at radius 1 is 1.36 bits per heavy atom. The summed E-state index contributed by atoms with van der Waals surface area (Å²) in [4.78, 5) is 4.43. The zero-order chi connectivity index (χ0) is 10.4. The van der Waals surface area contributed by atoms with Crippen molar-refractivity contribution >= 4 is 0 Å². The minimum absolute atomic E-state index is 0.112. The first kappa shape index (κ1) is 11.2. The number of aryl methyl sites for hydroxylation is 1. The number of nitrogens with zero attached hydrogens (tertiary/aromatic N) is 1. The van der Waals surface area contributed by atoms with Gasteiger partial charge in [0, 0.05) is 11.7 Å². The molecule has 1 rings (SSSR count). The molecule has 0 aromatic carbocycles. The van der Waals surface area contributed by atoms with Gasteiger partial charge in [0.15, 0.2) is 0 Å². The lowest BCUT2D eigenvalue weighted by Crippen LogP contribution is -2.12. The summed E-state index contributed by atoms with van der Waals surface area (Å²) < 4.78 is 0. The van der Waals surface area contributed by atoms with E-state index < -0.39 is 0 Å². The van der Waals surface area contributed by atoms with Gasteiger partial charge in [-0.25, -0.2) is 0 Å². The molecule has 0 unspecified atom stereocenters. The van der Waals surface area contributed by atoms with Crippen LogP contribution in [-0.4, -0.2) is 4.98 Å². The Balaban J connectivity index is 2.47. The monoisotopic (exact) mass is 192 g/mol. The molecule has 0 aliphatic rings. The summed E-state index contributed by atoms with van der Waals surface area (Å²) in [6.07, 6.45) is 4.76. The van der Waals surface area contributed by atoms with E-state index in [0.29, 0.717) is 0 Å². The topological polar surface area (TPSA) is 38.9 Å². The van der Waals surface area contributed by atoms with Crippen molar-refractivity contribution in [1.82, 2.24) is 4.98 Å². The maximum atomic E-state index is 6.04. The van der Waals surface area contributed by atoms with Gasteiger partial charge in [0.1, 0.15) is 0 Å². The van der Waals surface area contributed by atoms with E-state index in [4.69, 9.17) is 5.73 Å². The van der Waals surface area contributed by atoms with E-state index in [2.05, 4.69) is 11.9 Å². The molecular formula is C12H20N2. The van der Waals surface area contributed by atoms with Crippen LogP contribution in [0.15, 0.2) is 18.2 Å². The smallest absolute Gasteiger partial charge is 0.0574 e. The van der Waals surface area contributed by atoms with Crippen LogP contribution in [-0.2, 0) is 0 Å². The highest BCUT2D eigenvalue weighted by molar-refractivity contribution is 5.12. The Kier molecular flexibility index (Phi) is 4.60. The van der Waals surface area contributed by atoms with Gasteiger partial charge in [-0.2, -0.15) is 0 Å². The van der Waals surface area contributed by atoms with Crippen molar-refractivity contribution in [2.45, 2.75) is 45.6 Å². The predicted octanol–water partition coefficient (Wildman–Crippen LogP) is 2.97. The molecule has 1 aromatic heterocycles. The average molecular weight is 192 g/mol. The van der Waals surface area contributed by atoms with Crippen molar-refractivity contribution in [1.29, 1.82) is 0 Å². The molecule has 78 valence electrons. The Morgan fingerprint density at radius 2 is 2.14 bits per heavy atom. The van der Waals surface area contributed by atoms with Crippen LogP contribution >= 0.6 is 0 Å². The number of nitrogens with two attached hydrogens (primary N) is 1. The Morgan fingerprint density at radius 3 is 2.79 bits per heavy atom. The number of rotatable bonds is 5. The van der Waals surface area contributed by atoms with Crippen molar-refractivity contribution < 1.29 is 0 Å². The van der Waals surface area contributed by atoms with Crippen molar-refractivity contribution in [3.05, 3.63) is 29.6 Å². The minimum Gasteiger partial charge on any atom is -0.323 e. The molecule has 14 heavy (non-hydrogen) atoms. The van der Waals surface area contributed by atoms with Gasteiger partial charge < -0.3 is 5.73 Å². The SMILES string of the molecule is CCCCC[C@@H](N)c1cccc(C)n1. The second kappa shape index (κ2) is 5.76. The van der Waals surface area contributed by atoms with E-state index in [-0.39, 0.29) is 6.04 Å². The third kappa shape index (κ3) is 3.46. The van der Waals surface area contributed by atoms with Crippen molar-refractivity contribution in [2.75, 3.05) is 0 Å². The standard InChI is InChI=1S/C12H20N2/c1-3-4-5-8-11(13)12-9-6-7-10(2)14-12/h6-7,9,11H,3-5,8,13H2,1-2H3/t11-/m1/s1. The largest absolute Gasteiger partial charge is 0.323 e. The van der Waals surface area contributed by atoms with Gasteiger partial charge in [0.2, 0.25) is 0 Å². The van der Waals surface area contributed by atoms with Gasteiger partial charge in [0.05, 0.1) is 5.69 Å². The van der Waals surface area contributed by atoms with Gasteiger partial charge >= 0.3 is 0 Å². The fraction of sp³-hybridized carbons (Fsp3) is 0.583. The third-order valence-electron chi connectivity index (χ3n) is 2.41. The molecule has 0 aliphatic heterocycles. The second-order valence-corrected chi connectivity index (χ2v) is 3.81. The molecule has 0 saturated heterocycles. The van der Waals surface area contributed by atoms with E-state index in [1.54, 1.807) is 0 Å². The fourth-order valence-corrected chi connectivity index (χ4v) is 1.53. The average Bonchev–Trinajstić information content (AvgIpc) is 2.18. The fourth-order valence-electron chi connectivity index (χ4n) is 1.53. The maximum absolute atomic E-state index is 6.04. The van der Waals surface area contributed by atoms with Crippen LogP contribution in [0.5, 0.6) is 0 Å². The normalized spacial score (nSPS) is 12.8. The van der Waals surface area contributed by atoms with Gasteiger partial charge in [0.25, 0.3) is 0 Å². The number of hydrogen-bond donors (Lipinski definition) is 1. The molecule has 2 heteroatoms. The minimum atomic E-state index is 0.112.